The summed E-state index contributed by atoms with van der Waals surface area (Å²) in [6, 6.07) is 14.7. The van der Waals surface area contributed by atoms with Gasteiger partial charge in [-0.15, -0.1) is 0 Å². The maximum absolute atomic E-state index is 6.12. The van der Waals surface area contributed by atoms with Crippen LogP contribution in [-0.2, 0) is 0 Å². The molecule has 0 amide bonds. The third-order valence-corrected chi connectivity index (χ3v) is 3.11. The first kappa shape index (κ1) is 12.0. The highest BCUT2D eigenvalue weighted by molar-refractivity contribution is 5.88. The highest BCUT2D eigenvalue weighted by Crippen LogP contribution is 2.27. The van der Waals surface area contributed by atoms with Crippen LogP contribution >= 0.6 is 0 Å². The largest absolute Gasteiger partial charge is 0.490 e. The molecule has 0 saturated heterocycles. The lowest BCUT2D eigenvalue weighted by Crippen LogP contribution is -2.14. The second-order valence-electron chi connectivity index (χ2n) is 4.41. The number of ether oxygens (including phenoxy) is 1. The molecule has 1 atom stereocenters. The molecule has 2 aromatic rings. The lowest BCUT2D eigenvalue weighted by molar-refractivity contribution is 0.188. The van der Waals surface area contributed by atoms with Crippen molar-refractivity contribution in [1.82, 2.24) is 0 Å². The summed E-state index contributed by atoms with van der Waals surface area (Å²) in [5.74, 6) is 1.02. The van der Waals surface area contributed by atoms with Crippen molar-refractivity contribution in [3.05, 3.63) is 42.5 Å². The first-order valence-electron chi connectivity index (χ1n) is 6.49. The molecule has 0 aliphatic rings. The number of fused-ring (bicyclic) bond motifs is 1. The lowest BCUT2D eigenvalue weighted by atomic mass is 10.1. The standard InChI is InChI=1S/C16H20O/c1-3-8-14(4-2)17-16-12-7-10-13-9-5-6-11-15(13)16/h5-7,9-12,14H,3-4,8H2,1-2H3/t14-/m0/s1. The summed E-state index contributed by atoms with van der Waals surface area (Å²) in [4.78, 5) is 0. The predicted octanol–water partition coefficient (Wildman–Crippen LogP) is 4.80. The van der Waals surface area contributed by atoms with Gasteiger partial charge in [0.2, 0.25) is 0 Å². The van der Waals surface area contributed by atoms with Gasteiger partial charge in [0.05, 0.1) is 6.10 Å². The number of benzene rings is 2. The Morgan fingerprint density at radius 1 is 1.00 bits per heavy atom. The molecule has 90 valence electrons. The fourth-order valence-corrected chi connectivity index (χ4v) is 2.15. The van der Waals surface area contributed by atoms with Gasteiger partial charge in [-0.3, -0.25) is 0 Å². The van der Waals surface area contributed by atoms with Crippen molar-refractivity contribution >= 4 is 10.8 Å². The number of hydrogen-bond acceptors (Lipinski definition) is 1. The summed E-state index contributed by atoms with van der Waals surface area (Å²) < 4.78 is 6.12. The highest BCUT2D eigenvalue weighted by atomic mass is 16.5. The SMILES string of the molecule is CCC[C@H](CC)Oc1cccc2ccccc12. The van der Waals surface area contributed by atoms with Crippen molar-refractivity contribution in [2.75, 3.05) is 0 Å². The van der Waals surface area contributed by atoms with Crippen LogP contribution in [0.2, 0.25) is 0 Å². The lowest BCUT2D eigenvalue weighted by Gasteiger charge is -2.18. The Morgan fingerprint density at radius 2 is 1.76 bits per heavy atom. The van der Waals surface area contributed by atoms with Crippen LogP contribution in [0.4, 0.5) is 0 Å². The van der Waals surface area contributed by atoms with Crippen molar-refractivity contribution in [2.45, 2.75) is 39.2 Å². The molecular weight excluding hydrogens is 208 g/mol. The smallest absolute Gasteiger partial charge is 0.127 e. The van der Waals surface area contributed by atoms with Crippen LogP contribution in [0.3, 0.4) is 0 Å². The van der Waals surface area contributed by atoms with Gasteiger partial charge in [-0.1, -0.05) is 56.7 Å². The predicted molar refractivity (Wildman–Crippen MR) is 73.6 cm³/mol. The van der Waals surface area contributed by atoms with E-state index < -0.39 is 0 Å². The fourth-order valence-electron chi connectivity index (χ4n) is 2.15. The molecule has 0 saturated carbocycles. The molecule has 0 spiro atoms. The van der Waals surface area contributed by atoms with E-state index in [0.29, 0.717) is 6.10 Å². The van der Waals surface area contributed by atoms with E-state index in [0.717, 1.165) is 18.6 Å². The summed E-state index contributed by atoms with van der Waals surface area (Å²) in [5, 5.41) is 2.46. The Balaban J connectivity index is 2.28. The average Bonchev–Trinajstić information content (AvgIpc) is 2.38. The van der Waals surface area contributed by atoms with E-state index in [1.54, 1.807) is 0 Å². The Labute approximate surface area is 103 Å². The monoisotopic (exact) mass is 228 g/mol. The van der Waals surface area contributed by atoms with Gasteiger partial charge >= 0.3 is 0 Å². The van der Waals surface area contributed by atoms with Crippen molar-refractivity contribution in [3.8, 4) is 5.75 Å². The van der Waals surface area contributed by atoms with Gasteiger partial charge in [0.25, 0.3) is 0 Å². The van der Waals surface area contributed by atoms with Crippen LogP contribution in [0, 0.1) is 0 Å². The normalized spacial score (nSPS) is 12.6. The van der Waals surface area contributed by atoms with E-state index in [1.165, 1.54) is 17.2 Å². The third kappa shape index (κ3) is 2.79. The molecule has 0 aliphatic heterocycles. The zero-order chi connectivity index (χ0) is 12.1. The van der Waals surface area contributed by atoms with Gasteiger partial charge in [0.15, 0.2) is 0 Å². The Bertz CT molecular complexity index is 470. The second-order valence-corrected chi connectivity index (χ2v) is 4.41. The zero-order valence-corrected chi connectivity index (χ0v) is 10.6. The van der Waals surface area contributed by atoms with Crippen LogP contribution in [0.25, 0.3) is 10.8 Å². The molecule has 2 rings (SSSR count). The Hall–Kier alpha value is -1.50. The van der Waals surface area contributed by atoms with Gasteiger partial charge in [0, 0.05) is 5.39 Å². The van der Waals surface area contributed by atoms with E-state index in [4.69, 9.17) is 4.74 Å². The molecule has 0 aromatic heterocycles. The minimum Gasteiger partial charge on any atom is -0.490 e. The van der Waals surface area contributed by atoms with E-state index in [9.17, 15) is 0 Å². The maximum Gasteiger partial charge on any atom is 0.127 e. The van der Waals surface area contributed by atoms with Crippen LogP contribution in [-0.4, -0.2) is 6.10 Å². The maximum atomic E-state index is 6.12. The van der Waals surface area contributed by atoms with Gasteiger partial charge in [-0.25, -0.2) is 0 Å². The molecule has 0 aliphatic carbocycles. The first-order valence-corrected chi connectivity index (χ1v) is 6.49. The fraction of sp³-hybridized carbons (Fsp3) is 0.375. The molecular formula is C16H20O. The topological polar surface area (TPSA) is 9.23 Å². The molecule has 0 heterocycles. The summed E-state index contributed by atoms with van der Waals surface area (Å²) in [6.07, 6.45) is 3.70. The molecule has 0 N–H and O–H groups in total. The summed E-state index contributed by atoms with van der Waals surface area (Å²) in [6.45, 7) is 4.39. The van der Waals surface area contributed by atoms with Crippen LogP contribution in [0.15, 0.2) is 42.5 Å². The quantitative estimate of drug-likeness (QED) is 0.714. The minimum atomic E-state index is 0.339. The first-order chi connectivity index (χ1) is 8.35. The van der Waals surface area contributed by atoms with Crippen LogP contribution in [0.5, 0.6) is 5.75 Å². The van der Waals surface area contributed by atoms with E-state index in [1.807, 2.05) is 0 Å². The van der Waals surface area contributed by atoms with Gasteiger partial charge in [-0.2, -0.15) is 0 Å². The Kier molecular flexibility index (Phi) is 4.03. The average molecular weight is 228 g/mol. The number of rotatable bonds is 5. The molecule has 17 heavy (non-hydrogen) atoms. The van der Waals surface area contributed by atoms with Gasteiger partial charge < -0.3 is 4.74 Å². The second kappa shape index (κ2) is 5.72. The van der Waals surface area contributed by atoms with Crippen molar-refractivity contribution < 1.29 is 4.74 Å². The van der Waals surface area contributed by atoms with E-state index in [-0.39, 0.29) is 0 Å². The molecule has 0 fully saturated rings. The summed E-state index contributed by atoms with van der Waals surface area (Å²) >= 11 is 0. The molecule has 1 heteroatoms. The number of hydrogen-bond donors (Lipinski definition) is 0. The molecule has 0 unspecified atom stereocenters. The molecule has 2 aromatic carbocycles. The summed E-state index contributed by atoms with van der Waals surface area (Å²) in [7, 11) is 0. The van der Waals surface area contributed by atoms with Gasteiger partial charge in [-0.05, 0) is 24.3 Å². The Morgan fingerprint density at radius 3 is 2.53 bits per heavy atom. The van der Waals surface area contributed by atoms with E-state index in [2.05, 4.69) is 56.3 Å². The van der Waals surface area contributed by atoms with Crippen LogP contribution in [0.1, 0.15) is 33.1 Å². The molecule has 0 radical (unpaired) electrons. The minimum absolute atomic E-state index is 0.339. The van der Waals surface area contributed by atoms with Crippen molar-refractivity contribution in [3.63, 3.8) is 0 Å². The van der Waals surface area contributed by atoms with Crippen molar-refractivity contribution in [1.29, 1.82) is 0 Å². The third-order valence-electron chi connectivity index (χ3n) is 3.11. The molecule has 0 bridgehead atoms. The van der Waals surface area contributed by atoms with Gasteiger partial charge in [0.1, 0.15) is 5.75 Å². The molecule has 1 nitrogen and oxygen atoms in total. The van der Waals surface area contributed by atoms with E-state index >= 15 is 0 Å². The highest BCUT2D eigenvalue weighted by Gasteiger charge is 2.08. The van der Waals surface area contributed by atoms with Crippen molar-refractivity contribution in [2.24, 2.45) is 0 Å². The zero-order valence-electron chi connectivity index (χ0n) is 10.6. The summed E-state index contributed by atoms with van der Waals surface area (Å²) in [5.41, 5.74) is 0. The van der Waals surface area contributed by atoms with Crippen LogP contribution < -0.4 is 4.74 Å².